The van der Waals surface area contributed by atoms with E-state index in [1.807, 2.05) is 22.9 Å². The average Bonchev–Trinajstić information content (AvgIpc) is 3.36. The Labute approximate surface area is 217 Å². The number of amides is 1. The Balaban J connectivity index is 0.000000317. The van der Waals surface area contributed by atoms with Crippen LogP contribution in [0, 0.1) is 0 Å². The molecule has 0 saturated carbocycles. The van der Waals surface area contributed by atoms with Crippen LogP contribution in [0.3, 0.4) is 0 Å². The van der Waals surface area contributed by atoms with Gasteiger partial charge in [-0.25, -0.2) is 14.6 Å². The lowest BCUT2D eigenvalue weighted by atomic mass is 10.0. The summed E-state index contributed by atoms with van der Waals surface area (Å²) in [5.74, 6) is -5.49. The number of hydrogen-bond acceptors (Lipinski definition) is 7. The smallest absolute Gasteiger partial charge is 0.475 e. The average molecular weight is 569 g/mol. The Morgan fingerprint density at radius 3 is 2.10 bits per heavy atom. The highest BCUT2D eigenvalue weighted by atomic mass is 19.4. The molecule has 3 N–H and O–H groups in total. The Kier molecular flexibility index (Phi) is 11.2. The lowest BCUT2D eigenvalue weighted by Gasteiger charge is -2.40. The number of carboxylic acids is 2. The predicted molar refractivity (Wildman–Crippen MR) is 119 cm³/mol. The van der Waals surface area contributed by atoms with Gasteiger partial charge in [-0.05, 0) is 24.5 Å². The van der Waals surface area contributed by atoms with Crippen LogP contribution in [0.25, 0.3) is 0 Å². The zero-order valence-corrected chi connectivity index (χ0v) is 20.2. The third-order valence-corrected chi connectivity index (χ3v) is 5.54. The van der Waals surface area contributed by atoms with Gasteiger partial charge in [-0.15, -0.1) is 0 Å². The van der Waals surface area contributed by atoms with Crippen molar-refractivity contribution in [1.29, 1.82) is 0 Å². The molecule has 0 aliphatic carbocycles. The molecule has 2 aromatic heterocycles. The van der Waals surface area contributed by atoms with Crippen LogP contribution in [0.15, 0.2) is 37.1 Å². The number of nitrogens with one attached hydrogen (secondary N) is 1. The summed E-state index contributed by atoms with van der Waals surface area (Å²) in [5.41, 5.74) is 2.10. The molecule has 1 amide bonds. The van der Waals surface area contributed by atoms with Crippen LogP contribution in [0.5, 0.6) is 0 Å². The molecule has 2 aliphatic rings. The monoisotopic (exact) mass is 569 g/mol. The molecule has 11 nitrogen and oxygen atoms in total. The Bertz CT molecular complexity index is 1070. The van der Waals surface area contributed by atoms with Crippen LogP contribution in [0.1, 0.15) is 30.1 Å². The summed E-state index contributed by atoms with van der Waals surface area (Å²) in [7, 11) is 0. The SMILES string of the molecule is O=C(NCc1cccnc1)C1CN(C2CCOCC2)Cc2cncn21.O=C(O)C(F)(F)F.O=C(O)C(F)(F)F. The molecule has 216 valence electrons. The van der Waals surface area contributed by atoms with Gasteiger partial charge >= 0.3 is 24.3 Å². The van der Waals surface area contributed by atoms with Gasteiger partial charge < -0.3 is 24.8 Å². The van der Waals surface area contributed by atoms with Gasteiger partial charge in [0.15, 0.2) is 0 Å². The molecular weight excluding hydrogens is 544 g/mol. The van der Waals surface area contributed by atoms with E-state index in [1.54, 1.807) is 18.7 Å². The van der Waals surface area contributed by atoms with Crippen molar-refractivity contribution >= 4 is 17.8 Å². The highest BCUT2D eigenvalue weighted by Gasteiger charge is 2.39. The van der Waals surface area contributed by atoms with Gasteiger partial charge in [0.05, 0.1) is 12.0 Å². The molecule has 0 spiro atoms. The standard InChI is InChI=1S/C18H23N5O2.2C2HF3O2/c24-18(21-9-14-2-1-5-19-8-14)17-12-22(15-3-6-25-7-4-15)11-16-10-20-13-23(16)17;2*3-2(4,5)1(6)7/h1-2,5,8,10,13,15,17H,3-4,6-7,9,11-12H2,(H,21,24);2*(H,6,7). The maximum atomic E-state index is 12.8. The lowest BCUT2D eigenvalue weighted by molar-refractivity contribution is -0.193. The van der Waals surface area contributed by atoms with Crippen molar-refractivity contribution < 1.29 is 55.7 Å². The Morgan fingerprint density at radius 2 is 1.59 bits per heavy atom. The van der Waals surface area contributed by atoms with Crippen LogP contribution in [-0.4, -0.2) is 85.6 Å². The first-order valence-electron chi connectivity index (χ1n) is 11.3. The van der Waals surface area contributed by atoms with Crippen LogP contribution < -0.4 is 5.32 Å². The highest BCUT2D eigenvalue weighted by molar-refractivity contribution is 5.80. The number of ether oxygens (including phenoxy) is 1. The normalized spacial score (nSPS) is 17.9. The molecule has 0 bridgehead atoms. The van der Waals surface area contributed by atoms with Gasteiger partial charge in [0.25, 0.3) is 0 Å². The number of aliphatic carboxylic acids is 2. The van der Waals surface area contributed by atoms with E-state index in [1.165, 1.54) is 0 Å². The van der Waals surface area contributed by atoms with E-state index >= 15 is 0 Å². The van der Waals surface area contributed by atoms with Crippen LogP contribution in [0.4, 0.5) is 26.3 Å². The highest BCUT2D eigenvalue weighted by Crippen LogP contribution is 2.26. The molecule has 4 heterocycles. The maximum Gasteiger partial charge on any atom is 0.490 e. The van der Waals surface area contributed by atoms with E-state index in [-0.39, 0.29) is 11.9 Å². The van der Waals surface area contributed by atoms with Crippen molar-refractivity contribution in [2.75, 3.05) is 19.8 Å². The van der Waals surface area contributed by atoms with E-state index in [4.69, 9.17) is 24.5 Å². The third kappa shape index (κ3) is 10.2. The van der Waals surface area contributed by atoms with Crippen molar-refractivity contribution in [2.45, 2.75) is 50.4 Å². The van der Waals surface area contributed by atoms with E-state index < -0.39 is 24.3 Å². The number of carbonyl (C=O) groups is 3. The molecule has 4 rings (SSSR count). The second kappa shape index (κ2) is 13.9. The summed E-state index contributed by atoms with van der Waals surface area (Å²) in [5, 5.41) is 17.3. The summed E-state index contributed by atoms with van der Waals surface area (Å²) in [4.78, 5) is 41.4. The van der Waals surface area contributed by atoms with Gasteiger partial charge in [-0.3, -0.25) is 14.7 Å². The van der Waals surface area contributed by atoms with Crippen molar-refractivity contribution in [3.05, 3.63) is 48.3 Å². The molecule has 0 aromatic carbocycles. The minimum Gasteiger partial charge on any atom is -0.475 e. The number of hydrogen-bond donors (Lipinski definition) is 3. The molecule has 1 atom stereocenters. The van der Waals surface area contributed by atoms with Gasteiger partial charge in [0.1, 0.15) is 6.04 Å². The topological polar surface area (TPSA) is 147 Å². The van der Waals surface area contributed by atoms with Gasteiger partial charge in [0, 0.05) is 57.5 Å². The van der Waals surface area contributed by atoms with E-state index in [9.17, 15) is 31.1 Å². The van der Waals surface area contributed by atoms with Crippen molar-refractivity contribution in [3.63, 3.8) is 0 Å². The molecule has 1 saturated heterocycles. The van der Waals surface area contributed by atoms with E-state index in [2.05, 4.69) is 20.2 Å². The fourth-order valence-electron chi connectivity index (χ4n) is 3.67. The Hall–Kier alpha value is -3.73. The number of imidazole rings is 1. The third-order valence-electron chi connectivity index (χ3n) is 5.54. The number of nitrogens with zero attached hydrogens (tertiary/aromatic N) is 4. The molecule has 1 fully saturated rings. The molecule has 2 aliphatic heterocycles. The molecule has 39 heavy (non-hydrogen) atoms. The second-order valence-electron chi connectivity index (χ2n) is 8.27. The van der Waals surface area contributed by atoms with Crippen molar-refractivity contribution in [1.82, 2.24) is 24.8 Å². The number of carboxylic acid groups (broad SMARTS) is 2. The summed E-state index contributed by atoms with van der Waals surface area (Å²) in [6.45, 7) is 3.66. The number of halogens is 6. The number of fused-ring (bicyclic) bond motifs is 1. The minimum absolute atomic E-state index is 0.0277. The zero-order chi connectivity index (χ0) is 29.2. The second-order valence-corrected chi connectivity index (χ2v) is 8.27. The summed E-state index contributed by atoms with van der Waals surface area (Å²) in [6, 6.07) is 4.07. The van der Waals surface area contributed by atoms with Crippen LogP contribution in [0.2, 0.25) is 0 Å². The van der Waals surface area contributed by atoms with Gasteiger partial charge in [0.2, 0.25) is 5.91 Å². The molecule has 1 unspecified atom stereocenters. The van der Waals surface area contributed by atoms with E-state index in [0.717, 1.165) is 43.9 Å². The lowest BCUT2D eigenvalue weighted by Crippen LogP contribution is -2.49. The van der Waals surface area contributed by atoms with E-state index in [0.29, 0.717) is 19.1 Å². The summed E-state index contributed by atoms with van der Waals surface area (Å²) < 4.78 is 71.0. The summed E-state index contributed by atoms with van der Waals surface area (Å²) >= 11 is 0. The van der Waals surface area contributed by atoms with Crippen molar-refractivity contribution in [3.8, 4) is 0 Å². The predicted octanol–water partition coefficient (Wildman–Crippen LogP) is 2.40. The molecule has 17 heteroatoms. The van der Waals surface area contributed by atoms with Crippen molar-refractivity contribution in [2.24, 2.45) is 0 Å². The first-order valence-corrected chi connectivity index (χ1v) is 11.3. The minimum atomic E-state index is -5.08. The fraction of sp³-hybridized carbons (Fsp3) is 0.500. The summed E-state index contributed by atoms with van der Waals surface area (Å²) in [6.07, 6.45) is -0.970. The first-order chi connectivity index (χ1) is 18.2. The number of carbonyl (C=O) groups excluding carboxylic acids is 1. The van der Waals surface area contributed by atoms with Crippen LogP contribution in [-0.2, 0) is 32.2 Å². The van der Waals surface area contributed by atoms with Gasteiger partial charge in [-0.1, -0.05) is 6.07 Å². The molecule has 0 radical (unpaired) electrons. The largest absolute Gasteiger partial charge is 0.490 e. The molecular formula is C22H25F6N5O6. The number of aromatic nitrogens is 3. The molecule has 2 aromatic rings. The first kappa shape index (κ1) is 31.5. The Morgan fingerprint density at radius 1 is 1.00 bits per heavy atom. The van der Waals surface area contributed by atoms with Crippen LogP contribution >= 0.6 is 0 Å². The quantitative estimate of drug-likeness (QED) is 0.473. The maximum absolute atomic E-state index is 12.8. The number of rotatable bonds is 4. The fourth-order valence-corrected chi connectivity index (χ4v) is 3.67. The zero-order valence-electron chi connectivity index (χ0n) is 20.2. The van der Waals surface area contributed by atoms with Gasteiger partial charge in [-0.2, -0.15) is 26.3 Å². The number of pyridine rings is 1. The number of alkyl halides is 6.